The Hall–Kier alpha value is -1.62. The van der Waals surface area contributed by atoms with Gasteiger partial charge in [0.25, 0.3) is 0 Å². The highest BCUT2D eigenvalue weighted by Gasteiger charge is 2.10. The van der Waals surface area contributed by atoms with Gasteiger partial charge < -0.3 is 5.32 Å². The molecule has 0 fully saturated rings. The van der Waals surface area contributed by atoms with Crippen LogP contribution in [0.1, 0.15) is 19.2 Å². The summed E-state index contributed by atoms with van der Waals surface area (Å²) in [7, 11) is 1.77. The third kappa shape index (κ3) is 2.39. The Morgan fingerprint density at radius 2 is 2.24 bits per heavy atom. The molecule has 6 heteroatoms. The van der Waals surface area contributed by atoms with Gasteiger partial charge >= 0.3 is 0 Å². The molecule has 2 heterocycles. The summed E-state index contributed by atoms with van der Waals surface area (Å²) in [6.07, 6.45) is 7.12. The molecule has 0 amide bonds. The van der Waals surface area contributed by atoms with Gasteiger partial charge in [-0.3, -0.25) is 4.57 Å². The van der Waals surface area contributed by atoms with Crippen LogP contribution >= 0.6 is 11.6 Å². The minimum Gasteiger partial charge on any atom is -0.357 e. The van der Waals surface area contributed by atoms with Crippen LogP contribution in [0, 0.1) is 0 Å². The number of anilines is 1. The van der Waals surface area contributed by atoms with Crippen molar-refractivity contribution in [3.05, 3.63) is 29.4 Å². The number of aromatic nitrogens is 4. The van der Waals surface area contributed by atoms with Crippen LogP contribution in [0.4, 0.5) is 5.95 Å². The molecule has 2 aromatic heterocycles. The van der Waals surface area contributed by atoms with E-state index in [9.17, 15) is 0 Å². The van der Waals surface area contributed by atoms with Crippen molar-refractivity contribution in [2.75, 3.05) is 12.4 Å². The minimum atomic E-state index is 0.513. The van der Waals surface area contributed by atoms with Crippen LogP contribution in [-0.4, -0.2) is 26.6 Å². The van der Waals surface area contributed by atoms with Crippen LogP contribution in [0.3, 0.4) is 0 Å². The normalized spacial score (nSPS) is 10.5. The number of nitrogens with one attached hydrogen (secondary N) is 1. The van der Waals surface area contributed by atoms with Gasteiger partial charge in [0, 0.05) is 25.9 Å². The zero-order valence-electron chi connectivity index (χ0n) is 9.81. The van der Waals surface area contributed by atoms with Gasteiger partial charge in [0.05, 0.1) is 6.20 Å². The SMILES string of the molecule is CCCc1nccn1-c1nc(NC)ncc1Cl. The van der Waals surface area contributed by atoms with Gasteiger partial charge in [-0.2, -0.15) is 4.98 Å². The van der Waals surface area contributed by atoms with Gasteiger partial charge in [-0.1, -0.05) is 18.5 Å². The Morgan fingerprint density at radius 3 is 2.94 bits per heavy atom. The van der Waals surface area contributed by atoms with Gasteiger partial charge in [-0.05, 0) is 6.42 Å². The zero-order valence-corrected chi connectivity index (χ0v) is 10.6. The lowest BCUT2D eigenvalue weighted by molar-refractivity contribution is 0.796. The molecule has 1 N–H and O–H groups in total. The molecule has 5 nitrogen and oxygen atoms in total. The summed E-state index contributed by atoms with van der Waals surface area (Å²) in [6, 6.07) is 0. The van der Waals surface area contributed by atoms with Gasteiger partial charge in [0.1, 0.15) is 10.8 Å². The fraction of sp³-hybridized carbons (Fsp3) is 0.364. The molecule has 17 heavy (non-hydrogen) atoms. The molecule has 0 aromatic carbocycles. The van der Waals surface area contributed by atoms with Crippen LogP contribution in [0.25, 0.3) is 5.82 Å². The van der Waals surface area contributed by atoms with Gasteiger partial charge in [-0.15, -0.1) is 0 Å². The van der Waals surface area contributed by atoms with E-state index in [2.05, 4.69) is 27.2 Å². The van der Waals surface area contributed by atoms with E-state index in [1.807, 2.05) is 10.8 Å². The molecule has 0 radical (unpaired) electrons. The number of hydrogen-bond donors (Lipinski definition) is 1. The van der Waals surface area contributed by atoms with E-state index in [0.717, 1.165) is 18.7 Å². The molecule has 0 atom stereocenters. The molecule has 0 aliphatic rings. The zero-order chi connectivity index (χ0) is 12.3. The monoisotopic (exact) mass is 251 g/mol. The summed E-state index contributed by atoms with van der Waals surface area (Å²) >= 11 is 6.12. The van der Waals surface area contributed by atoms with Crippen molar-refractivity contribution in [2.45, 2.75) is 19.8 Å². The molecule has 90 valence electrons. The number of hydrogen-bond acceptors (Lipinski definition) is 4. The summed E-state index contributed by atoms with van der Waals surface area (Å²) < 4.78 is 1.90. The van der Waals surface area contributed by atoms with Crippen LogP contribution in [0.15, 0.2) is 18.6 Å². The fourth-order valence-electron chi connectivity index (χ4n) is 1.58. The van der Waals surface area contributed by atoms with E-state index < -0.39 is 0 Å². The molecule has 2 aromatic rings. The molecular weight excluding hydrogens is 238 g/mol. The quantitative estimate of drug-likeness (QED) is 0.906. The van der Waals surface area contributed by atoms with Crippen LogP contribution in [0.5, 0.6) is 0 Å². The lowest BCUT2D eigenvalue weighted by Gasteiger charge is -2.09. The molecule has 2 rings (SSSR count). The van der Waals surface area contributed by atoms with Crippen molar-refractivity contribution in [2.24, 2.45) is 0 Å². The predicted molar refractivity (Wildman–Crippen MR) is 67.7 cm³/mol. The Bertz CT molecular complexity index is 508. The molecule has 0 unspecified atom stereocenters. The van der Waals surface area contributed by atoms with Crippen molar-refractivity contribution >= 4 is 17.5 Å². The van der Waals surface area contributed by atoms with Crippen LogP contribution in [0.2, 0.25) is 5.02 Å². The van der Waals surface area contributed by atoms with Crippen molar-refractivity contribution in [3.63, 3.8) is 0 Å². The second-order valence-corrected chi connectivity index (χ2v) is 3.99. The number of nitrogens with zero attached hydrogens (tertiary/aromatic N) is 4. The molecule has 0 spiro atoms. The highest BCUT2D eigenvalue weighted by atomic mass is 35.5. The van der Waals surface area contributed by atoms with Gasteiger partial charge in [0.2, 0.25) is 5.95 Å². The molecular formula is C11H14ClN5. The molecule has 0 bridgehead atoms. The van der Waals surface area contributed by atoms with Crippen molar-refractivity contribution < 1.29 is 0 Å². The average molecular weight is 252 g/mol. The molecule has 0 saturated heterocycles. The Morgan fingerprint density at radius 1 is 1.41 bits per heavy atom. The standard InChI is InChI=1S/C11H14ClN5/c1-3-4-9-14-5-6-17(9)10-8(12)7-15-11(13-2)16-10/h5-7H,3-4H2,1-2H3,(H,13,15,16). The number of aryl methyl sites for hydroxylation is 1. The summed E-state index contributed by atoms with van der Waals surface area (Å²) in [5.41, 5.74) is 0. The largest absolute Gasteiger partial charge is 0.357 e. The highest BCUT2D eigenvalue weighted by Crippen LogP contribution is 2.20. The third-order valence-electron chi connectivity index (χ3n) is 2.37. The maximum absolute atomic E-state index is 6.12. The van der Waals surface area contributed by atoms with E-state index in [-0.39, 0.29) is 0 Å². The second-order valence-electron chi connectivity index (χ2n) is 3.58. The summed E-state index contributed by atoms with van der Waals surface area (Å²) in [5.74, 6) is 2.16. The highest BCUT2D eigenvalue weighted by molar-refractivity contribution is 6.32. The molecule has 0 aliphatic carbocycles. The van der Waals surface area contributed by atoms with Crippen molar-refractivity contribution in [3.8, 4) is 5.82 Å². The first-order valence-electron chi connectivity index (χ1n) is 5.49. The smallest absolute Gasteiger partial charge is 0.224 e. The van der Waals surface area contributed by atoms with Crippen LogP contribution < -0.4 is 5.32 Å². The van der Waals surface area contributed by atoms with E-state index >= 15 is 0 Å². The summed E-state index contributed by atoms with van der Waals surface area (Å²) in [4.78, 5) is 12.7. The first-order valence-corrected chi connectivity index (χ1v) is 5.87. The van der Waals surface area contributed by atoms with E-state index in [1.54, 1.807) is 19.4 Å². The Labute approximate surface area is 105 Å². The lowest BCUT2D eigenvalue weighted by atomic mass is 10.3. The fourth-order valence-corrected chi connectivity index (χ4v) is 1.77. The third-order valence-corrected chi connectivity index (χ3v) is 2.63. The lowest BCUT2D eigenvalue weighted by Crippen LogP contribution is -2.06. The topological polar surface area (TPSA) is 55.6 Å². The van der Waals surface area contributed by atoms with E-state index in [1.165, 1.54) is 0 Å². The first kappa shape index (κ1) is 11.9. The second kappa shape index (κ2) is 5.14. The summed E-state index contributed by atoms with van der Waals surface area (Å²) in [5, 5.41) is 3.41. The van der Waals surface area contributed by atoms with Crippen molar-refractivity contribution in [1.82, 2.24) is 19.5 Å². The first-order chi connectivity index (χ1) is 8.26. The number of imidazole rings is 1. The maximum atomic E-state index is 6.12. The Kier molecular flexibility index (Phi) is 3.58. The maximum Gasteiger partial charge on any atom is 0.224 e. The van der Waals surface area contributed by atoms with Gasteiger partial charge in [0.15, 0.2) is 5.82 Å². The predicted octanol–water partition coefficient (Wildman–Crippen LogP) is 2.31. The van der Waals surface area contributed by atoms with Crippen LogP contribution in [-0.2, 0) is 6.42 Å². The summed E-state index contributed by atoms with van der Waals surface area (Å²) in [6.45, 7) is 2.11. The minimum absolute atomic E-state index is 0.513. The van der Waals surface area contributed by atoms with Crippen molar-refractivity contribution in [1.29, 1.82) is 0 Å². The molecule has 0 aliphatic heterocycles. The number of rotatable bonds is 4. The number of halogens is 1. The van der Waals surface area contributed by atoms with E-state index in [0.29, 0.717) is 16.8 Å². The van der Waals surface area contributed by atoms with Gasteiger partial charge in [-0.25, -0.2) is 9.97 Å². The van der Waals surface area contributed by atoms with E-state index in [4.69, 9.17) is 11.6 Å². The average Bonchev–Trinajstić information content (AvgIpc) is 2.78. The Balaban J connectivity index is 2.47. The molecule has 0 saturated carbocycles.